The lowest BCUT2D eigenvalue weighted by Crippen LogP contribution is -2.46. The predicted octanol–water partition coefficient (Wildman–Crippen LogP) is 4.65. The number of hydrogen-bond donors (Lipinski definition) is 0. The summed E-state index contributed by atoms with van der Waals surface area (Å²) in [6.07, 6.45) is -0.0245. The first-order valence-electron chi connectivity index (χ1n) is 10.3. The van der Waals surface area contributed by atoms with Crippen LogP contribution < -0.4 is 4.90 Å². The van der Waals surface area contributed by atoms with Crippen molar-refractivity contribution in [3.8, 4) is 0 Å². The van der Waals surface area contributed by atoms with E-state index in [1.807, 2.05) is 0 Å². The van der Waals surface area contributed by atoms with E-state index < -0.39 is 33.7 Å². The fourth-order valence-electron chi connectivity index (χ4n) is 3.82. The zero-order chi connectivity index (χ0) is 24.5. The number of sulfonamides is 1. The van der Waals surface area contributed by atoms with E-state index in [4.69, 9.17) is 11.6 Å². The number of carbonyl (C=O) groups excluding carboxylic acids is 2. The fourth-order valence-corrected chi connectivity index (χ4v) is 5.97. The van der Waals surface area contributed by atoms with Crippen LogP contribution in [0.25, 0.3) is 0 Å². The number of rotatable bonds is 7. The summed E-state index contributed by atoms with van der Waals surface area (Å²) in [7, 11) is -4.22. The van der Waals surface area contributed by atoms with E-state index in [1.165, 1.54) is 0 Å². The monoisotopic (exact) mass is 612 g/mol. The van der Waals surface area contributed by atoms with Gasteiger partial charge in [0.25, 0.3) is 5.91 Å². The molecule has 0 N–H and O–H groups in total. The second kappa shape index (κ2) is 10.1. The van der Waals surface area contributed by atoms with Gasteiger partial charge in [-0.1, -0.05) is 23.7 Å². The Balaban J connectivity index is 1.69. The molecule has 10 heteroatoms. The minimum atomic E-state index is -4.22. The molecule has 1 fully saturated rings. The van der Waals surface area contributed by atoms with Crippen LogP contribution in [0.4, 0.5) is 10.1 Å². The number of amides is 2. The first-order chi connectivity index (χ1) is 16.2. The van der Waals surface area contributed by atoms with Gasteiger partial charge in [-0.05, 0) is 95.2 Å². The molecule has 1 saturated heterocycles. The van der Waals surface area contributed by atoms with Crippen molar-refractivity contribution in [1.82, 2.24) is 4.31 Å². The first-order valence-corrected chi connectivity index (χ1v) is 13.2. The van der Waals surface area contributed by atoms with Crippen LogP contribution in [0.15, 0.2) is 77.7 Å². The van der Waals surface area contributed by atoms with Crippen molar-refractivity contribution in [2.45, 2.75) is 23.8 Å². The van der Waals surface area contributed by atoms with Crippen LogP contribution in [-0.2, 0) is 26.0 Å². The number of imide groups is 1. The molecule has 0 radical (unpaired) electrons. The lowest BCUT2D eigenvalue weighted by Gasteiger charge is -2.27. The van der Waals surface area contributed by atoms with Crippen molar-refractivity contribution in [1.29, 1.82) is 0 Å². The second-order valence-corrected chi connectivity index (χ2v) is 11.3. The van der Waals surface area contributed by atoms with Crippen LogP contribution in [0.3, 0.4) is 0 Å². The highest BCUT2D eigenvalue weighted by molar-refractivity contribution is 14.1. The number of nitrogens with zero attached hydrogens (tertiary/aromatic N) is 2. The van der Waals surface area contributed by atoms with Crippen molar-refractivity contribution in [2.24, 2.45) is 0 Å². The van der Waals surface area contributed by atoms with Crippen molar-refractivity contribution < 1.29 is 22.4 Å². The van der Waals surface area contributed by atoms with Gasteiger partial charge in [-0.25, -0.2) is 17.7 Å². The Morgan fingerprint density at radius 2 is 1.71 bits per heavy atom. The molecule has 0 spiro atoms. The van der Waals surface area contributed by atoms with Crippen LogP contribution >= 0.6 is 34.2 Å². The molecule has 1 unspecified atom stereocenters. The Hall–Kier alpha value is -2.34. The van der Waals surface area contributed by atoms with Gasteiger partial charge >= 0.3 is 0 Å². The van der Waals surface area contributed by atoms with Crippen LogP contribution in [0.2, 0.25) is 5.02 Å². The summed E-state index contributed by atoms with van der Waals surface area (Å²) in [6, 6.07) is 16.9. The highest BCUT2D eigenvalue weighted by Crippen LogP contribution is 2.30. The third-order valence-corrected chi connectivity index (χ3v) is 8.36. The van der Waals surface area contributed by atoms with Crippen LogP contribution in [0, 0.1) is 9.39 Å². The first kappa shape index (κ1) is 24.8. The molecule has 3 aromatic rings. The summed E-state index contributed by atoms with van der Waals surface area (Å²) in [6.45, 7) is -0.0652. The number of benzene rings is 3. The van der Waals surface area contributed by atoms with Gasteiger partial charge in [-0.3, -0.25) is 9.59 Å². The Bertz CT molecular complexity index is 1330. The molecule has 1 atom stereocenters. The number of hydrogen-bond acceptors (Lipinski definition) is 4. The standard InChI is InChI=1S/C24H19ClFIN2O4S/c25-17-3-1-2-16(14-17)12-13-28(34(32,33)21-10-4-18(26)5-11-21)22-15-23(30)29(24(22)31)20-8-6-19(27)7-9-20/h1-11,14,22H,12-13,15H2. The molecule has 4 rings (SSSR count). The maximum Gasteiger partial charge on any atom is 0.252 e. The molecule has 6 nitrogen and oxygen atoms in total. The van der Waals surface area contributed by atoms with E-state index in [2.05, 4.69) is 22.6 Å². The molecule has 1 aliphatic rings. The van der Waals surface area contributed by atoms with Gasteiger partial charge in [0.15, 0.2) is 0 Å². The average Bonchev–Trinajstić information content (AvgIpc) is 3.08. The van der Waals surface area contributed by atoms with Crippen LogP contribution in [0.5, 0.6) is 0 Å². The van der Waals surface area contributed by atoms with Crippen LogP contribution in [0.1, 0.15) is 12.0 Å². The van der Waals surface area contributed by atoms with Gasteiger partial charge in [-0.15, -0.1) is 0 Å². The molecular formula is C24H19ClFIN2O4S. The largest absolute Gasteiger partial charge is 0.274 e. The highest BCUT2D eigenvalue weighted by Gasteiger charge is 2.46. The maximum atomic E-state index is 13.6. The van der Waals surface area contributed by atoms with Gasteiger partial charge in [0.2, 0.25) is 15.9 Å². The average molecular weight is 613 g/mol. The van der Waals surface area contributed by atoms with E-state index in [0.29, 0.717) is 10.7 Å². The SMILES string of the molecule is O=C1CC(N(CCc2cccc(Cl)c2)S(=O)(=O)c2ccc(F)cc2)C(=O)N1c1ccc(I)cc1. The predicted molar refractivity (Wildman–Crippen MR) is 136 cm³/mol. The molecule has 0 aliphatic carbocycles. The van der Waals surface area contributed by atoms with Crippen molar-refractivity contribution in [3.05, 3.63) is 92.8 Å². The summed E-state index contributed by atoms with van der Waals surface area (Å²) in [5.41, 5.74) is 1.16. The summed E-state index contributed by atoms with van der Waals surface area (Å²) in [4.78, 5) is 27.0. The van der Waals surface area contributed by atoms with Crippen LogP contribution in [-0.4, -0.2) is 37.1 Å². The third kappa shape index (κ3) is 5.17. The molecule has 2 amide bonds. The highest BCUT2D eigenvalue weighted by atomic mass is 127. The lowest BCUT2D eigenvalue weighted by molar-refractivity contribution is -0.122. The maximum absolute atomic E-state index is 13.6. The Morgan fingerprint density at radius 1 is 1.03 bits per heavy atom. The normalized spacial score (nSPS) is 16.5. The summed E-state index contributed by atoms with van der Waals surface area (Å²) in [5, 5.41) is 0.502. The summed E-state index contributed by atoms with van der Waals surface area (Å²) < 4.78 is 42.5. The number of carbonyl (C=O) groups is 2. The Labute approximate surface area is 215 Å². The molecule has 34 heavy (non-hydrogen) atoms. The van der Waals surface area contributed by atoms with Gasteiger partial charge in [-0.2, -0.15) is 4.31 Å². The number of halogens is 3. The Kier molecular flexibility index (Phi) is 7.36. The summed E-state index contributed by atoms with van der Waals surface area (Å²) in [5.74, 6) is -1.69. The zero-order valence-corrected chi connectivity index (χ0v) is 21.4. The minimum absolute atomic E-state index is 0.0652. The van der Waals surface area contributed by atoms with E-state index in [0.717, 1.165) is 42.6 Å². The summed E-state index contributed by atoms with van der Waals surface area (Å²) >= 11 is 8.17. The molecule has 1 heterocycles. The van der Waals surface area contributed by atoms with E-state index in [1.54, 1.807) is 48.5 Å². The Morgan fingerprint density at radius 3 is 2.35 bits per heavy atom. The minimum Gasteiger partial charge on any atom is -0.274 e. The molecule has 1 aliphatic heterocycles. The molecule has 0 bridgehead atoms. The smallest absolute Gasteiger partial charge is 0.252 e. The molecule has 0 saturated carbocycles. The van der Waals surface area contributed by atoms with E-state index in [9.17, 15) is 22.4 Å². The molecule has 3 aromatic carbocycles. The molecule has 176 valence electrons. The van der Waals surface area contributed by atoms with Crippen molar-refractivity contribution in [3.63, 3.8) is 0 Å². The van der Waals surface area contributed by atoms with Gasteiger partial charge in [0.1, 0.15) is 11.9 Å². The van der Waals surface area contributed by atoms with Crippen molar-refractivity contribution in [2.75, 3.05) is 11.4 Å². The molecular weight excluding hydrogens is 594 g/mol. The topological polar surface area (TPSA) is 74.8 Å². The van der Waals surface area contributed by atoms with Gasteiger partial charge in [0, 0.05) is 15.1 Å². The van der Waals surface area contributed by atoms with Crippen molar-refractivity contribution >= 4 is 61.7 Å². The molecule has 0 aromatic heterocycles. The van der Waals surface area contributed by atoms with E-state index in [-0.39, 0.29) is 24.3 Å². The second-order valence-electron chi connectivity index (χ2n) is 7.71. The van der Waals surface area contributed by atoms with Gasteiger partial charge < -0.3 is 0 Å². The third-order valence-electron chi connectivity index (χ3n) is 5.49. The number of anilines is 1. The lowest BCUT2D eigenvalue weighted by atomic mass is 10.1. The zero-order valence-electron chi connectivity index (χ0n) is 17.7. The quantitative estimate of drug-likeness (QED) is 0.288. The fraction of sp³-hybridized carbons (Fsp3) is 0.167. The van der Waals surface area contributed by atoms with E-state index >= 15 is 0 Å². The van der Waals surface area contributed by atoms with Gasteiger partial charge in [0.05, 0.1) is 17.0 Å².